The number of aromatic nitrogens is 2. The third-order valence-corrected chi connectivity index (χ3v) is 6.76. The van der Waals surface area contributed by atoms with Crippen molar-refractivity contribution in [2.45, 2.75) is 18.8 Å². The number of phenolic OH excluding ortho intramolecular Hbond substituents is 1. The van der Waals surface area contributed by atoms with Crippen molar-refractivity contribution in [1.82, 2.24) is 20.6 Å². The van der Waals surface area contributed by atoms with Crippen LogP contribution in [0.15, 0.2) is 100 Å². The molecule has 2 aliphatic rings. The molecule has 0 saturated heterocycles. The van der Waals surface area contributed by atoms with Crippen LogP contribution >= 0.6 is 0 Å². The first-order chi connectivity index (χ1) is 23.0. The molecule has 2 aliphatic heterocycles. The predicted molar refractivity (Wildman–Crippen MR) is 163 cm³/mol. The van der Waals surface area contributed by atoms with Gasteiger partial charge in [0.2, 0.25) is 0 Å². The molecular formula is C33H30N4O10. The van der Waals surface area contributed by atoms with E-state index in [4.69, 9.17) is 32.5 Å². The van der Waals surface area contributed by atoms with E-state index in [2.05, 4.69) is 20.6 Å². The van der Waals surface area contributed by atoms with Gasteiger partial charge in [-0.05, 0) is 29.8 Å². The predicted octanol–water partition coefficient (Wildman–Crippen LogP) is 3.77. The third-order valence-electron chi connectivity index (χ3n) is 6.76. The second-order valence-corrected chi connectivity index (χ2v) is 10.2. The Labute approximate surface area is 268 Å². The second kappa shape index (κ2) is 14.7. The molecule has 2 aromatic heterocycles. The highest BCUT2D eigenvalue weighted by Crippen LogP contribution is 2.36. The molecule has 0 radical (unpaired) electrons. The first kappa shape index (κ1) is 30.8. The number of nitrogens with zero attached hydrogens (tertiary/aromatic N) is 2. The number of amides is 2. The van der Waals surface area contributed by atoms with Gasteiger partial charge in [0.1, 0.15) is 56.1 Å². The number of benzene rings is 3. The van der Waals surface area contributed by atoms with Crippen LogP contribution in [0, 0.1) is 0 Å². The molecule has 2 atom stereocenters. The van der Waals surface area contributed by atoms with E-state index in [-0.39, 0.29) is 42.8 Å². The number of rotatable bonds is 9. The smallest absolute Gasteiger partial charge is 0.307 e. The zero-order valence-electron chi connectivity index (χ0n) is 24.9. The Morgan fingerprint density at radius 1 is 0.745 bits per heavy atom. The van der Waals surface area contributed by atoms with E-state index in [0.717, 1.165) is 5.56 Å². The topological polar surface area (TPSA) is 177 Å². The van der Waals surface area contributed by atoms with Gasteiger partial charge in [-0.1, -0.05) is 30.3 Å². The molecule has 3 aromatic carbocycles. The van der Waals surface area contributed by atoms with E-state index in [1.54, 1.807) is 12.1 Å². The Morgan fingerprint density at radius 2 is 1.32 bits per heavy atom. The number of hydrogen-bond donors (Lipinski definition) is 3. The fraction of sp³-hybridized carbons (Fsp3) is 0.212. The molecule has 0 unspecified atom stereocenters. The molecule has 4 heterocycles. The van der Waals surface area contributed by atoms with Crippen molar-refractivity contribution < 1.29 is 47.2 Å². The minimum absolute atomic E-state index is 0.000211. The van der Waals surface area contributed by atoms with Crippen LogP contribution in [0.5, 0.6) is 34.5 Å². The van der Waals surface area contributed by atoms with E-state index in [1.807, 2.05) is 42.5 Å². The lowest BCUT2D eigenvalue weighted by Gasteiger charge is -2.26. The van der Waals surface area contributed by atoms with Crippen LogP contribution in [-0.4, -0.2) is 65.4 Å². The van der Waals surface area contributed by atoms with Crippen LogP contribution in [0.3, 0.4) is 0 Å². The molecule has 0 aliphatic carbocycles. The summed E-state index contributed by atoms with van der Waals surface area (Å²) in [7, 11) is 0. The van der Waals surface area contributed by atoms with E-state index in [0.29, 0.717) is 48.6 Å². The van der Waals surface area contributed by atoms with Gasteiger partial charge in [0.15, 0.2) is 23.0 Å². The minimum Gasteiger partial charge on any atom is -0.508 e. The van der Waals surface area contributed by atoms with Gasteiger partial charge in [0, 0.05) is 12.1 Å². The maximum Gasteiger partial charge on any atom is 0.307 e. The maximum absolute atomic E-state index is 11.9. The van der Waals surface area contributed by atoms with Gasteiger partial charge >= 0.3 is 11.8 Å². The van der Waals surface area contributed by atoms with Gasteiger partial charge in [-0.15, -0.1) is 0 Å². The summed E-state index contributed by atoms with van der Waals surface area (Å²) >= 11 is 0. The fourth-order valence-electron chi connectivity index (χ4n) is 4.47. The highest BCUT2D eigenvalue weighted by atomic mass is 16.6. The van der Waals surface area contributed by atoms with E-state index >= 15 is 0 Å². The number of hydrogen-bond acceptors (Lipinski definition) is 12. The van der Waals surface area contributed by atoms with Crippen molar-refractivity contribution >= 4 is 11.8 Å². The zero-order chi connectivity index (χ0) is 32.4. The molecule has 242 valence electrons. The van der Waals surface area contributed by atoms with Crippen LogP contribution in [0.1, 0.15) is 26.9 Å². The molecule has 47 heavy (non-hydrogen) atoms. The molecule has 0 fully saturated rings. The Balaban J connectivity index is 0.000000172. The lowest BCUT2D eigenvalue weighted by molar-refractivity contribution is 0.0764. The number of ether oxygens (including phenoxy) is 5. The summed E-state index contributed by atoms with van der Waals surface area (Å²) in [6.45, 7) is 1.63. The van der Waals surface area contributed by atoms with Crippen LogP contribution in [0.4, 0.5) is 0 Å². The van der Waals surface area contributed by atoms with Crippen molar-refractivity contribution in [3.05, 3.63) is 109 Å². The largest absolute Gasteiger partial charge is 0.508 e. The summed E-state index contributed by atoms with van der Waals surface area (Å²) in [4.78, 5) is 31.1. The molecule has 0 saturated carbocycles. The summed E-state index contributed by atoms with van der Waals surface area (Å²) in [5.41, 5.74) is 1.08. The van der Waals surface area contributed by atoms with Gasteiger partial charge < -0.3 is 48.3 Å². The number of carbonyl (C=O) groups excluding carboxylic acids is 2. The molecule has 7 rings (SSSR count). The first-order valence-corrected chi connectivity index (χ1v) is 14.6. The van der Waals surface area contributed by atoms with Crippen LogP contribution in [0.25, 0.3) is 0 Å². The number of fused-ring (bicyclic) bond motifs is 2. The fourth-order valence-corrected chi connectivity index (χ4v) is 4.47. The Kier molecular flexibility index (Phi) is 9.66. The maximum atomic E-state index is 11.9. The quantitative estimate of drug-likeness (QED) is 0.212. The van der Waals surface area contributed by atoms with Gasteiger partial charge in [0.05, 0.1) is 25.5 Å². The van der Waals surface area contributed by atoms with Crippen molar-refractivity contribution in [1.29, 1.82) is 0 Å². The normalized spacial score (nSPS) is 15.8. The average molecular weight is 643 g/mol. The molecule has 14 nitrogen and oxygen atoms in total. The molecule has 2 amide bonds. The van der Waals surface area contributed by atoms with E-state index in [1.165, 1.54) is 37.1 Å². The highest BCUT2D eigenvalue weighted by molar-refractivity contribution is 5.89. The molecule has 5 aromatic rings. The highest BCUT2D eigenvalue weighted by Gasteiger charge is 2.24. The number of oxazole rings is 2. The third kappa shape index (κ3) is 8.30. The van der Waals surface area contributed by atoms with Gasteiger partial charge in [-0.2, -0.15) is 0 Å². The van der Waals surface area contributed by atoms with E-state index in [9.17, 15) is 14.7 Å². The minimum atomic E-state index is -0.416. The van der Waals surface area contributed by atoms with Crippen molar-refractivity contribution in [3.63, 3.8) is 0 Å². The van der Waals surface area contributed by atoms with Gasteiger partial charge in [-0.3, -0.25) is 9.59 Å². The SMILES string of the molecule is O=C(NC[C@@H]1COc2ccc(O)cc2O1)c1ncco1.O=C(NC[C@@H]1COc2ccc(OCc3ccccc3)cc2O1)c1ncco1. The number of aromatic hydroxyl groups is 1. The Morgan fingerprint density at radius 3 is 1.89 bits per heavy atom. The molecule has 3 N–H and O–H groups in total. The summed E-state index contributed by atoms with van der Waals surface area (Å²) in [6, 6.07) is 20.0. The standard InChI is InChI=1S/C20H18N2O5.C13H12N2O5/c23-19(20-21-8-9-24-20)22-11-16-13-26-17-7-6-15(10-18(17)27-16)25-12-14-4-2-1-3-5-14;16-8-1-2-10-11(5-8)20-9(7-19-10)6-15-12(17)13-14-3-4-18-13/h1-10,16H,11-13H2,(H,22,23);1-5,9,16H,6-7H2,(H,15,17)/t16-;9-/m11/s1. The zero-order valence-corrected chi connectivity index (χ0v) is 24.9. The van der Waals surface area contributed by atoms with Gasteiger partial charge in [-0.25, -0.2) is 9.97 Å². The van der Waals surface area contributed by atoms with Crippen LogP contribution in [-0.2, 0) is 6.61 Å². The van der Waals surface area contributed by atoms with Gasteiger partial charge in [0.25, 0.3) is 11.8 Å². The first-order valence-electron chi connectivity index (χ1n) is 14.6. The Hall–Kier alpha value is -6.18. The molecule has 0 bridgehead atoms. The average Bonchev–Trinajstić information content (AvgIpc) is 3.85. The summed E-state index contributed by atoms with van der Waals surface area (Å²) in [6.07, 6.45) is 4.83. The number of phenols is 1. The molecule has 14 heteroatoms. The van der Waals surface area contributed by atoms with E-state index < -0.39 is 11.8 Å². The lowest BCUT2D eigenvalue weighted by atomic mass is 10.2. The summed E-state index contributed by atoms with van der Waals surface area (Å²) < 4.78 is 38.4. The molecule has 0 spiro atoms. The lowest BCUT2D eigenvalue weighted by Crippen LogP contribution is -2.40. The number of nitrogens with one attached hydrogen (secondary N) is 2. The second-order valence-electron chi connectivity index (χ2n) is 10.2. The number of carbonyl (C=O) groups is 2. The summed E-state index contributed by atoms with van der Waals surface area (Å²) in [5.74, 6) is 2.24. The Bertz CT molecular complexity index is 1760. The van der Waals surface area contributed by atoms with Crippen LogP contribution in [0.2, 0.25) is 0 Å². The molecular weight excluding hydrogens is 612 g/mol. The monoisotopic (exact) mass is 642 g/mol. The summed E-state index contributed by atoms with van der Waals surface area (Å²) in [5, 5.41) is 14.7. The van der Waals surface area contributed by atoms with Crippen molar-refractivity contribution in [2.24, 2.45) is 0 Å². The van der Waals surface area contributed by atoms with Crippen LogP contribution < -0.4 is 34.3 Å². The van der Waals surface area contributed by atoms with Crippen molar-refractivity contribution in [3.8, 4) is 34.5 Å². The van der Waals surface area contributed by atoms with Crippen molar-refractivity contribution in [2.75, 3.05) is 26.3 Å².